The van der Waals surface area contributed by atoms with Crippen LogP contribution in [-0.4, -0.2) is 59.5 Å². The fourth-order valence-electron chi connectivity index (χ4n) is 3.25. The average Bonchev–Trinajstić information content (AvgIpc) is 3.15. The van der Waals surface area contributed by atoms with E-state index in [1.807, 2.05) is 0 Å². The molecule has 1 saturated heterocycles. The molecular weight excluding hydrogens is 342 g/mol. The Morgan fingerprint density at radius 1 is 1.40 bits per heavy atom. The highest BCUT2D eigenvalue weighted by atomic mass is 32.2. The number of amides is 1. The topological polar surface area (TPSA) is 108 Å². The zero-order chi connectivity index (χ0) is 17.6. The van der Waals surface area contributed by atoms with Crippen LogP contribution in [0.2, 0.25) is 0 Å². The van der Waals surface area contributed by atoms with Crippen LogP contribution in [0.3, 0.4) is 0 Å². The molecule has 2 aromatic heterocycles. The third-order valence-electron chi connectivity index (χ3n) is 4.91. The van der Waals surface area contributed by atoms with Crippen LogP contribution in [-0.2, 0) is 10.0 Å². The van der Waals surface area contributed by atoms with Crippen LogP contribution >= 0.6 is 0 Å². The minimum Gasteiger partial charge on any atom is -0.352 e. The lowest BCUT2D eigenvalue weighted by Gasteiger charge is -2.13. The molecule has 2 aromatic rings. The summed E-state index contributed by atoms with van der Waals surface area (Å²) in [5.74, 6) is 0.409. The second kappa shape index (κ2) is 6.06. The number of carbonyl (C=O) groups is 1. The van der Waals surface area contributed by atoms with Crippen molar-refractivity contribution in [1.29, 1.82) is 0 Å². The summed E-state index contributed by atoms with van der Waals surface area (Å²) in [5.41, 5.74) is 2.65. The maximum Gasteiger partial charge on any atom is 0.255 e. The van der Waals surface area contributed by atoms with E-state index in [4.69, 9.17) is 0 Å². The molecule has 2 aliphatic rings. The maximum atomic E-state index is 12.5. The van der Waals surface area contributed by atoms with Crippen molar-refractivity contribution in [3.63, 3.8) is 0 Å². The molecule has 1 aliphatic carbocycles. The summed E-state index contributed by atoms with van der Waals surface area (Å²) in [4.78, 5) is 24.5. The van der Waals surface area contributed by atoms with Gasteiger partial charge in [0, 0.05) is 31.7 Å². The largest absolute Gasteiger partial charge is 0.352 e. The highest BCUT2D eigenvalue weighted by molar-refractivity contribution is 7.88. The van der Waals surface area contributed by atoms with E-state index < -0.39 is 10.0 Å². The van der Waals surface area contributed by atoms with Crippen molar-refractivity contribution >= 4 is 27.1 Å². The zero-order valence-electron chi connectivity index (χ0n) is 14.0. The molecule has 0 aromatic carbocycles. The SMILES string of the molecule is CS(=O)(=O)N1CCC(CNC(=O)c2c[nH]c3ncc(C4CC4)nc23)C1. The number of aromatic amines is 1. The summed E-state index contributed by atoms with van der Waals surface area (Å²) in [6.45, 7) is 1.43. The van der Waals surface area contributed by atoms with Gasteiger partial charge in [-0.25, -0.2) is 22.7 Å². The fraction of sp³-hybridized carbons (Fsp3) is 0.562. The Labute approximate surface area is 146 Å². The number of nitrogens with zero attached hydrogens (tertiary/aromatic N) is 3. The standard InChI is InChI=1S/C16H21N5O3S/c1-25(23,24)21-5-4-10(9-21)6-19-16(22)12-7-17-15-14(12)20-13(8-18-15)11-2-3-11/h7-8,10-11H,2-6,9H2,1H3,(H,17,18)(H,19,22). The lowest BCUT2D eigenvalue weighted by molar-refractivity contribution is 0.0949. The molecule has 25 heavy (non-hydrogen) atoms. The van der Waals surface area contributed by atoms with E-state index in [0.717, 1.165) is 25.0 Å². The summed E-state index contributed by atoms with van der Waals surface area (Å²) >= 11 is 0. The van der Waals surface area contributed by atoms with Crippen LogP contribution in [0.5, 0.6) is 0 Å². The molecule has 134 valence electrons. The predicted molar refractivity (Wildman–Crippen MR) is 92.7 cm³/mol. The number of carbonyl (C=O) groups excluding carboxylic acids is 1. The molecule has 8 nitrogen and oxygen atoms in total. The number of hydrogen-bond acceptors (Lipinski definition) is 5. The maximum absolute atomic E-state index is 12.5. The number of sulfonamides is 1. The molecule has 0 spiro atoms. The molecule has 1 atom stereocenters. The fourth-order valence-corrected chi connectivity index (χ4v) is 4.17. The summed E-state index contributed by atoms with van der Waals surface area (Å²) in [7, 11) is -3.16. The third-order valence-corrected chi connectivity index (χ3v) is 6.18. The Balaban J connectivity index is 1.43. The van der Waals surface area contributed by atoms with E-state index in [-0.39, 0.29) is 11.8 Å². The second-order valence-electron chi connectivity index (χ2n) is 6.95. The van der Waals surface area contributed by atoms with Gasteiger partial charge < -0.3 is 10.3 Å². The monoisotopic (exact) mass is 363 g/mol. The van der Waals surface area contributed by atoms with Crippen LogP contribution in [0.4, 0.5) is 0 Å². The van der Waals surface area contributed by atoms with Gasteiger partial charge in [-0.1, -0.05) is 0 Å². The van der Waals surface area contributed by atoms with E-state index >= 15 is 0 Å². The molecule has 1 aliphatic heterocycles. The van der Waals surface area contributed by atoms with E-state index in [1.54, 1.807) is 12.4 Å². The number of rotatable bonds is 5. The van der Waals surface area contributed by atoms with Gasteiger partial charge >= 0.3 is 0 Å². The molecule has 1 saturated carbocycles. The molecule has 4 rings (SSSR count). The lowest BCUT2D eigenvalue weighted by Crippen LogP contribution is -2.32. The highest BCUT2D eigenvalue weighted by Crippen LogP contribution is 2.39. The molecular formula is C16H21N5O3S. The summed E-state index contributed by atoms with van der Waals surface area (Å²) in [6.07, 6.45) is 7.64. The van der Waals surface area contributed by atoms with Crippen molar-refractivity contribution in [2.75, 3.05) is 25.9 Å². The van der Waals surface area contributed by atoms with Gasteiger partial charge in [0.2, 0.25) is 10.0 Å². The smallest absolute Gasteiger partial charge is 0.255 e. The molecule has 0 bridgehead atoms. The quantitative estimate of drug-likeness (QED) is 0.819. The Morgan fingerprint density at radius 2 is 2.20 bits per heavy atom. The van der Waals surface area contributed by atoms with Crippen molar-refractivity contribution in [2.24, 2.45) is 5.92 Å². The molecule has 1 unspecified atom stereocenters. The van der Waals surface area contributed by atoms with E-state index in [0.29, 0.717) is 42.3 Å². The van der Waals surface area contributed by atoms with Crippen molar-refractivity contribution in [3.8, 4) is 0 Å². The first-order chi connectivity index (χ1) is 11.9. The Kier molecular flexibility index (Phi) is 3.99. The first-order valence-electron chi connectivity index (χ1n) is 8.49. The number of aromatic nitrogens is 3. The van der Waals surface area contributed by atoms with Gasteiger partial charge in [-0.15, -0.1) is 0 Å². The van der Waals surface area contributed by atoms with Gasteiger partial charge in [0.1, 0.15) is 5.52 Å². The number of hydrogen-bond donors (Lipinski definition) is 2. The zero-order valence-corrected chi connectivity index (χ0v) is 14.8. The normalized spacial score (nSPS) is 21.7. The Bertz CT molecular complexity index is 919. The first kappa shape index (κ1) is 16.5. The summed E-state index contributed by atoms with van der Waals surface area (Å²) < 4.78 is 24.6. The van der Waals surface area contributed by atoms with Crippen LogP contribution in [0.15, 0.2) is 12.4 Å². The summed E-state index contributed by atoms with van der Waals surface area (Å²) in [5, 5.41) is 2.91. The predicted octanol–water partition coefficient (Wildman–Crippen LogP) is 0.847. The molecule has 9 heteroatoms. The van der Waals surface area contributed by atoms with Crippen molar-refractivity contribution < 1.29 is 13.2 Å². The molecule has 2 fully saturated rings. The van der Waals surface area contributed by atoms with E-state index in [2.05, 4.69) is 20.3 Å². The van der Waals surface area contributed by atoms with Crippen molar-refractivity contribution in [3.05, 3.63) is 23.7 Å². The Hall–Kier alpha value is -2.00. The number of fused-ring (bicyclic) bond motifs is 1. The molecule has 2 N–H and O–H groups in total. The third kappa shape index (κ3) is 3.38. The minimum atomic E-state index is -3.16. The van der Waals surface area contributed by atoms with E-state index in [9.17, 15) is 13.2 Å². The molecule has 0 radical (unpaired) electrons. The van der Waals surface area contributed by atoms with Crippen LogP contribution < -0.4 is 5.32 Å². The van der Waals surface area contributed by atoms with Crippen LogP contribution in [0.25, 0.3) is 11.2 Å². The van der Waals surface area contributed by atoms with Gasteiger partial charge in [0.15, 0.2) is 5.65 Å². The van der Waals surface area contributed by atoms with Gasteiger partial charge in [0.25, 0.3) is 5.91 Å². The lowest BCUT2D eigenvalue weighted by atomic mass is 10.1. The van der Waals surface area contributed by atoms with Gasteiger partial charge in [-0.3, -0.25) is 4.79 Å². The number of H-pyrrole nitrogens is 1. The minimum absolute atomic E-state index is 0.136. The first-order valence-corrected chi connectivity index (χ1v) is 10.3. The second-order valence-corrected chi connectivity index (χ2v) is 8.94. The highest BCUT2D eigenvalue weighted by Gasteiger charge is 2.29. The molecule has 3 heterocycles. The van der Waals surface area contributed by atoms with Crippen LogP contribution in [0.1, 0.15) is 41.2 Å². The van der Waals surface area contributed by atoms with Crippen molar-refractivity contribution in [2.45, 2.75) is 25.2 Å². The average molecular weight is 363 g/mol. The summed E-state index contributed by atoms with van der Waals surface area (Å²) in [6, 6.07) is 0. The van der Waals surface area contributed by atoms with E-state index in [1.165, 1.54) is 10.6 Å². The van der Waals surface area contributed by atoms with Crippen molar-refractivity contribution in [1.82, 2.24) is 24.6 Å². The van der Waals surface area contributed by atoms with Gasteiger partial charge in [-0.2, -0.15) is 0 Å². The number of nitrogens with one attached hydrogen (secondary N) is 2. The van der Waals surface area contributed by atoms with Gasteiger partial charge in [0.05, 0.1) is 23.7 Å². The van der Waals surface area contributed by atoms with Crippen LogP contribution in [0, 0.1) is 5.92 Å². The van der Waals surface area contributed by atoms with Gasteiger partial charge in [-0.05, 0) is 25.2 Å². The Morgan fingerprint density at radius 3 is 2.88 bits per heavy atom. The molecule has 1 amide bonds.